The quantitative estimate of drug-likeness (QED) is 0.838. The van der Waals surface area contributed by atoms with Gasteiger partial charge in [-0.05, 0) is 37.3 Å². The van der Waals surface area contributed by atoms with Gasteiger partial charge in [0.15, 0.2) is 0 Å². The summed E-state index contributed by atoms with van der Waals surface area (Å²) in [4.78, 5) is 11.3. The third-order valence-corrected chi connectivity index (χ3v) is 4.63. The van der Waals surface area contributed by atoms with E-state index in [0.29, 0.717) is 0 Å². The van der Waals surface area contributed by atoms with Gasteiger partial charge in [0.2, 0.25) is 10.0 Å². The van der Waals surface area contributed by atoms with Crippen molar-refractivity contribution in [3.63, 3.8) is 0 Å². The van der Waals surface area contributed by atoms with Crippen molar-refractivity contribution in [2.75, 3.05) is 0 Å². The Morgan fingerprint density at radius 3 is 2.45 bits per heavy atom. The van der Waals surface area contributed by atoms with Gasteiger partial charge in [0.25, 0.3) is 0 Å². The Hall–Kier alpha value is -1.66. The maximum absolute atomic E-state index is 12.0. The predicted octanol–water partition coefficient (Wildman–Crippen LogP) is 1.83. The minimum atomic E-state index is -3.80. The number of carboxylic acids is 1. The van der Waals surface area contributed by atoms with E-state index in [9.17, 15) is 18.3 Å². The van der Waals surface area contributed by atoms with Crippen LogP contribution in [0.4, 0.5) is 0 Å². The van der Waals surface area contributed by atoms with Gasteiger partial charge in [-0.2, -0.15) is 4.72 Å². The Morgan fingerprint density at radius 2 is 1.95 bits per heavy atom. The molecular weight excluding hydrogens is 278 g/mol. The smallest absolute Gasteiger partial charge is 0.324 e. The molecule has 0 aliphatic heterocycles. The highest BCUT2D eigenvalue weighted by Crippen LogP contribution is 2.40. The number of carboxylic acid groups (broad SMARTS) is 1. The Kier molecular flexibility index (Phi) is 3.96. The van der Waals surface area contributed by atoms with Gasteiger partial charge < -0.3 is 5.11 Å². The van der Waals surface area contributed by atoms with Crippen LogP contribution >= 0.6 is 0 Å². The fraction of sp³-hybridized carbons (Fsp3) is 0.357. The van der Waals surface area contributed by atoms with Gasteiger partial charge in [-0.15, -0.1) is 0 Å². The average molecular weight is 295 g/mol. The van der Waals surface area contributed by atoms with Crippen molar-refractivity contribution >= 4 is 22.1 Å². The molecule has 1 aliphatic rings. The lowest BCUT2D eigenvalue weighted by molar-refractivity contribution is -0.144. The number of hydrogen-bond donors (Lipinski definition) is 2. The van der Waals surface area contributed by atoms with Crippen LogP contribution in [0.1, 0.15) is 25.3 Å². The molecule has 1 aliphatic carbocycles. The summed E-state index contributed by atoms with van der Waals surface area (Å²) in [6, 6.07) is 8.96. The maximum Gasteiger partial charge on any atom is 0.324 e. The third kappa shape index (κ3) is 3.46. The average Bonchev–Trinajstić information content (AvgIpc) is 3.21. The molecule has 6 heteroatoms. The molecule has 0 saturated heterocycles. The van der Waals surface area contributed by atoms with Gasteiger partial charge in [-0.3, -0.25) is 4.79 Å². The minimum Gasteiger partial charge on any atom is -0.480 e. The van der Waals surface area contributed by atoms with Crippen LogP contribution in [0.3, 0.4) is 0 Å². The lowest BCUT2D eigenvalue weighted by Gasteiger charge is -2.24. The molecule has 5 nitrogen and oxygen atoms in total. The second kappa shape index (κ2) is 5.38. The molecule has 1 aromatic rings. The summed E-state index contributed by atoms with van der Waals surface area (Å²) in [7, 11) is -3.80. The zero-order chi connectivity index (χ0) is 14.8. The first-order valence-electron chi connectivity index (χ1n) is 6.34. The maximum atomic E-state index is 12.0. The molecule has 1 aromatic carbocycles. The summed E-state index contributed by atoms with van der Waals surface area (Å²) in [5.74, 6) is -1.28. The molecule has 0 spiro atoms. The molecular formula is C14H17NO4S. The lowest BCUT2D eigenvalue weighted by atomic mass is 9.98. The van der Waals surface area contributed by atoms with Crippen LogP contribution in [0.2, 0.25) is 0 Å². The summed E-state index contributed by atoms with van der Waals surface area (Å²) in [6.45, 7) is 1.42. The van der Waals surface area contributed by atoms with Crippen LogP contribution < -0.4 is 4.72 Å². The summed E-state index contributed by atoms with van der Waals surface area (Å²) in [6.07, 6.45) is 2.90. The van der Waals surface area contributed by atoms with Gasteiger partial charge in [-0.25, -0.2) is 8.42 Å². The van der Waals surface area contributed by atoms with Crippen molar-refractivity contribution in [1.82, 2.24) is 4.72 Å². The fourth-order valence-corrected chi connectivity index (χ4v) is 3.27. The molecule has 1 fully saturated rings. The van der Waals surface area contributed by atoms with Crippen LogP contribution in [0, 0.1) is 5.92 Å². The molecule has 1 unspecified atom stereocenters. The van der Waals surface area contributed by atoms with Crippen molar-refractivity contribution in [3.8, 4) is 0 Å². The molecule has 0 radical (unpaired) electrons. The zero-order valence-electron chi connectivity index (χ0n) is 11.1. The Labute approximate surface area is 118 Å². The van der Waals surface area contributed by atoms with E-state index >= 15 is 0 Å². The zero-order valence-corrected chi connectivity index (χ0v) is 11.9. The summed E-state index contributed by atoms with van der Waals surface area (Å²) in [5, 5.41) is 10.2. The number of rotatable bonds is 6. The normalized spacial score (nSPS) is 18.9. The molecule has 0 aromatic heterocycles. The topological polar surface area (TPSA) is 83.5 Å². The van der Waals surface area contributed by atoms with E-state index in [-0.39, 0.29) is 5.92 Å². The summed E-state index contributed by atoms with van der Waals surface area (Å²) in [5.41, 5.74) is -0.693. The van der Waals surface area contributed by atoms with Crippen molar-refractivity contribution < 1.29 is 18.3 Å². The van der Waals surface area contributed by atoms with Crippen LogP contribution in [0.5, 0.6) is 0 Å². The first kappa shape index (κ1) is 14.7. The van der Waals surface area contributed by atoms with Gasteiger partial charge in [0, 0.05) is 5.41 Å². The second-order valence-corrected chi connectivity index (χ2v) is 6.71. The van der Waals surface area contributed by atoms with E-state index in [4.69, 9.17) is 0 Å². The predicted molar refractivity (Wildman–Crippen MR) is 76.3 cm³/mol. The first-order valence-corrected chi connectivity index (χ1v) is 7.89. The van der Waals surface area contributed by atoms with E-state index in [2.05, 4.69) is 4.72 Å². The van der Waals surface area contributed by atoms with Crippen LogP contribution in [-0.2, 0) is 14.8 Å². The summed E-state index contributed by atoms with van der Waals surface area (Å²) < 4.78 is 26.3. The first-order chi connectivity index (χ1) is 9.33. The second-order valence-electron chi connectivity index (χ2n) is 5.14. The monoisotopic (exact) mass is 295 g/mol. The van der Waals surface area contributed by atoms with E-state index in [0.717, 1.165) is 23.8 Å². The number of aliphatic carboxylic acids is 1. The number of hydrogen-bond acceptors (Lipinski definition) is 3. The number of benzene rings is 1. The van der Waals surface area contributed by atoms with Gasteiger partial charge in [0.05, 0.1) is 0 Å². The fourth-order valence-electron chi connectivity index (χ4n) is 2.02. The third-order valence-electron chi connectivity index (χ3n) is 3.43. The van der Waals surface area contributed by atoms with E-state index in [1.807, 2.05) is 6.07 Å². The SMILES string of the molecule is CC(NS(=O)(=O)/C=C/c1ccccc1)(C(=O)O)C1CC1. The molecule has 2 N–H and O–H groups in total. The van der Waals surface area contributed by atoms with Crippen molar-refractivity contribution in [2.45, 2.75) is 25.3 Å². The highest BCUT2D eigenvalue weighted by atomic mass is 32.2. The molecule has 108 valence electrons. The Morgan fingerprint density at radius 1 is 1.35 bits per heavy atom. The highest BCUT2D eigenvalue weighted by Gasteiger charge is 2.49. The molecule has 20 heavy (non-hydrogen) atoms. The van der Waals surface area contributed by atoms with Crippen molar-refractivity contribution in [2.24, 2.45) is 5.92 Å². The van der Waals surface area contributed by atoms with Crippen LogP contribution in [0.25, 0.3) is 6.08 Å². The number of sulfonamides is 1. The van der Waals surface area contributed by atoms with E-state index < -0.39 is 21.5 Å². The molecule has 1 atom stereocenters. The Balaban J connectivity index is 2.15. The molecule has 0 bridgehead atoms. The summed E-state index contributed by atoms with van der Waals surface area (Å²) >= 11 is 0. The Bertz CT molecular complexity index is 620. The van der Waals surface area contributed by atoms with Crippen LogP contribution in [-0.4, -0.2) is 25.0 Å². The molecule has 0 amide bonds. The molecule has 1 saturated carbocycles. The van der Waals surface area contributed by atoms with Gasteiger partial charge >= 0.3 is 5.97 Å². The number of nitrogens with one attached hydrogen (secondary N) is 1. The highest BCUT2D eigenvalue weighted by molar-refractivity contribution is 7.92. The standard InChI is InChI=1S/C14H17NO4S/c1-14(13(16)17,12-7-8-12)15-20(18,19)10-9-11-5-3-2-4-6-11/h2-6,9-10,12,15H,7-8H2,1H3,(H,16,17)/b10-9+. The van der Waals surface area contributed by atoms with Crippen LogP contribution in [0.15, 0.2) is 35.7 Å². The largest absolute Gasteiger partial charge is 0.480 e. The molecule has 0 heterocycles. The lowest BCUT2D eigenvalue weighted by Crippen LogP contribution is -2.53. The molecule has 2 rings (SSSR count). The number of carbonyl (C=O) groups is 1. The van der Waals surface area contributed by atoms with E-state index in [1.54, 1.807) is 24.3 Å². The van der Waals surface area contributed by atoms with Crippen molar-refractivity contribution in [3.05, 3.63) is 41.3 Å². The van der Waals surface area contributed by atoms with Crippen molar-refractivity contribution in [1.29, 1.82) is 0 Å². The van der Waals surface area contributed by atoms with Gasteiger partial charge in [0.1, 0.15) is 5.54 Å². The van der Waals surface area contributed by atoms with Gasteiger partial charge in [-0.1, -0.05) is 30.3 Å². The van der Waals surface area contributed by atoms with E-state index in [1.165, 1.54) is 13.0 Å². The minimum absolute atomic E-state index is 0.139.